The van der Waals surface area contributed by atoms with Crippen LogP contribution in [0.5, 0.6) is 5.75 Å². The lowest BCUT2D eigenvalue weighted by Gasteiger charge is -2.10. The number of carbonyl (C=O) groups excluding carboxylic acids is 1. The maximum atomic E-state index is 10.8. The lowest BCUT2D eigenvalue weighted by atomic mass is 10.0. The summed E-state index contributed by atoms with van der Waals surface area (Å²) in [4.78, 5) is 10.8. The summed E-state index contributed by atoms with van der Waals surface area (Å²) in [6, 6.07) is 5.48. The van der Waals surface area contributed by atoms with Crippen LogP contribution in [0.3, 0.4) is 0 Å². The Hall–Kier alpha value is -1.57. The fourth-order valence-corrected chi connectivity index (χ4v) is 1.35. The molecule has 0 aromatic heterocycles. The van der Waals surface area contributed by atoms with Crippen LogP contribution < -0.4 is 4.74 Å². The number of carbonyl (C=O) groups is 1. The van der Waals surface area contributed by atoms with Crippen LogP contribution in [0.4, 0.5) is 0 Å². The number of benzene rings is 1. The lowest BCUT2D eigenvalue weighted by Crippen LogP contribution is -1.99. The van der Waals surface area contributed by atoms with E-state index in [1.807, 2.05) is 19.1 Å². The average molecular weight is 190 g/mol. The smallest absolute Gasteiger partial charge is 0.150 e. The van der Waals surface area contributed by atoms with Gasteiger partial charge in [-0.2, -0.15) is 0 Å². The Bertz CT molecular complexity index is 329. The Morgan fingerprint density at radius 3 is 2.86 bits per heavy atom. The van der Waals surface area contributed by atoms with Gasteiger partial charge in [-0.25, -0.2) is 0 Å². The highest BCUT2D eigenvalue weighted by atomic mass is 16.5. The van der Waals surface area contributed by atoms with Gasteiger partial charge in [0.2, 0.25) is 0 Å². The molecule has 0 heterocycles. The average Bonchev–Trinajstić information content (AvgIpc) is 2.21. The summed E-state index contributed by atoms with van der Waals surface area (Å²) >= 11 is 0. The van der Waals surface area contributed by atoms with Gasteiger partial charge in [-0.05, 0) is 19.4 Å². The highest BCUT2D eigenvalue weighted by Crippen LogP contribution is 2.22. The van der Waals surface area contributed by atoms with Gasteiger partial charge in [0.05, 0.1) is 6.61 Å². The first-order valence-electron chi connectivity index (χ1n) is 4.64. The van der Waals surface area contributed by atoms with Gasteiger partial charge in [-0.1, -0.05) is 18.2 Å². The number of allylic oxidation sites excluding steroid dienone is 1. The van der Waals surface area contributed by atoms with Gasteiger partial charge in [-0.15, -0.1) is 6.58 Å². The van der Waals surface area contributed by atoms with E-state index in [0.29, 0.717) is 18.6 Å². The molecule has 0 amide bonds. The second kappa shape index (κ2) is 5.22. The van der Waals surface area contributed by atoms with E-state index in [-0.39, 0.29) is 0 Å². The number of hydrogen-bond acceptors (Lipinski definition) is 2. The molecule has 0 aliphatic heterocycles. The summed E-state index contributed by atoms with van der Waals surface area (Å²) in [6.45, 7) is 6.19. The highest BCUT2D eigenvalue weighted by molar-refractivity contribution is 5.78. The lowest BCUT2D eigenvalue weighted by molar-refractivity contribution is 0.112. The van der Waals surface area contributed by atoms with Crippen molar-refractivity contribution < 1.29 is 9.53 Å². The molecule has 0 unspecified atom stereocenters. The Labute approximate surface area is 84.2 Å². The normalized spacial score (nSPS) is 9.50. The van der Waals surface area contributed by atoms with E-state index in [9.17, 15) is 4.79 Å². The number of hydrogen-bond donors (Lipinski definition) is 0. The molecule has 0 aliphatic carbocycles. The largest absolute Gasteiger partial charge is 0.494 e. The summed E-state index contributed by atoms with van der Waals surface area (Å²) < 4.78 is 5.43. The van der Waals surface area contributed by atoms with E-state index in [1.165, 1.54) is 0 Å². The van der Waals surface area contributed by atoms with Crippen molar-refractivity contribution in [1.82, 2.24) is 0 Å². The second-order valence-corrected chi connectivity index (χ2v) is 2.87. The molecule has 2 heteroatoms. The van der Waals surface area contributed by atoms with Crippen molar-refractivity contribution in [2.24, 2.45) is 0 Å². The van der Waals surface area contributed by atoms with Crippen LogP contribution in [-0.2, 0) is 6.42 Å². The Morgan fingerprint density at radius 2 is 2.29 bits per heavy atom. The molecule has 0 aliphatic rings. The van der Waals surface area contributed by atoms with Crippen molar-refractivity contribution in [3.05, 3.63) is 42.0 Å². The molecule has 0 saturated carbocycles. The molecule has 0 N–H and O–H groups in total. The van der Waals surface area contributed by atoms with Crippen molar-refractivity contribution >= 4 is 6.29 Å². The minimum atomic E-state index is 0.604. The molecule has 2 nitrogen and oxygen atoms in total. The summed E-state index contributed by atoms with van der Waals surface area (Å²) in [5, 5.41) is 0. The van der Waals surface area contributed by atoms with Crippen LogP contribution in [0.25, 0.3) is 0 Å². The number of aldehydes is 1. The van der Waals surface area contributed by atoms with Crippen molar-refractivity contribution in [2.75, 3.05) is 6.61 Å². The van der Waals surface area contributed by atoms with Crippen molar-refractivity contribution in [3.63, 3.8) is 0 Å². The van der Waals surface area contributed by atoms with Gasteiger partial charge in [0.25, 0.3) is 0 Å². The molecule has 0 atom stereocenters. The van der Waals surface area contributed by atoms with Crippen molar-refractivity contribution in [1.29, 1.82) is 0 Å². The zero-order chi connectivity index (χ0) is 10.4. The van der Waals surface area contributed by atoms with Gasteiger partial charge < -0.3 is 4.74 Å². The SMILES string of the molecule is C=CCc1c(C=O)cccc1OCC. The molecule has 1 aromatic rings. The molecule has 1 rings (SSSR count). The summed E-state index contributed by atoms with van der Waals surface area (Å²) in [5.41, 5.74) is 1.59. The van der Waals surface area contributed by atoms with E-state index in [0.717, 1.165) is 17.6 Å². The predicted molar refractivity (Wildman–Crippen MR) is 56.9 cm³/mol. The zero-order valence-electron chi connectivity index (χ0n) is 8.32. The summed E-state index contributed by atoms with van der Waals surface area (Å²) in [5.74, 6) is 0.775. The Kier molecular flexibility index (Phi) is 3.92. The first-order valence-corrected chi connectivity index (χ1v) is 4.64. The van der Waals surface area contributed by atoms with Crippen molar-refractivity contribution in [3.8, 4) is 5.75 Å². The standard InChI is InChI=1S/C12H14O2/c1-3-6-11-10(9-13)7-5-8-12(11)14-4-2/h3,5,7-9H,1,4,6H2,2H3. The van der Waals surface area contributed by atoms with E-state index in [1.54, 1.807) is 12.1 Å². The quantitative estimate of drug-likeness (QED) is 0.527. The fourth-order valence-electron chi connectivity index (χ4n) is 1.35. The monoisotopic (exact) mass is 190 g/mol. The minimum absolute atomic E-state index is 0.604. The van der Waals surface area contributed by atoms with Gasteiger partial charge >= 0.3 is 0 Å². The molecule has 0 spiro atoms. The third-order valence-corrected chi connectivity index (χ3v) is 1.94. The zero-order valence-corrected chi connectivity index (χ0v) is 8.32. The molecule has 74 valence electrons. The second-order valence-electron chi connectivity index (χ2n) is 2.87. The molecule has 1 aromatic carbocycles. The van der Waals surface area contributed by atoms with Crippen LogP contribution in [0.15, 0.2) is 30.9 Å². The van der Waals surface area contributed by atoms with Crippen LogP contribution in [0.1, 0.15) is 22.8 Å². The molecule has 14 heavy (non-hydrogen) atoms. The fraction of sp³-hybridized carbons (Fsp3) is 0.250. The summed E-state index contributed by atoms with van der Waals surface area (Å²) in [7, 11) is 0. The highest BCUT2D eigenvalue weighted by Gasteiger charge is 2.06. The molecular weight excluding hydrogens is 176 g/mol. The van der Waals surface area contributed by atoms with Gasteiger partial charge in [0.15, 0.2) is 0 Å². The maximum absolute atomic E-state index is 10.8. The predicted octanol–water partition coefficient (Wildman–Crippen LogP) is 2.63. The molecule has 0 saturated heterocycles. The summed E-state index contributed by atoms with van der Waals surface area (Å²) in [6.07, 6.45) is 3.27. The number of ether oxygens (including phenoxy) is 1. The van der Waals surface area contributed by atoms with Gasteiger partial charge in [-0.3, -0.25) is 4.79 Å². The first-order chi connectivity index (χ1) is 6.83. The molecular formula is C12H14O2. The van der Waals surface area contributed by atoms with Gasteiger partial charge in [0, 0.05) is 11.1 Å². The third-order valence-electron chi connectivity index (χ3n) is 1.94. The number of rotatable bonds is 5. The third kappa shape index (κ3) is 2.22. The van der Waals surface area contributed by atoms with E-state index in [2.05, 4.69) is 6.58 Å². The Balaban J connectivity index is 3.12. The van der Waals surface area contributed by atoms with Crippen LogP contribution >= 0.6 is 0 Å². The molecule has 0 radical (unpaired) electrons. The topological polar surface area (TPSA) is 26.3 Å². The van der Waals surface area contributed by atoms with Crippen LogP contribution in [0, 0.1) is 0 Å². The van der Waals surface area contributed by atoms with E-state index >= 15 is 0 Å². The first kappa shape index (κ1) is 10.5. The van der Waals surface area contributed by atoms with Gasteiger partial charge in [0.1, 0.15) is 12.0 Å². The van der Waals surface area contributed by atoms with E-state index in [4.69, 9.17) is 4.74 Å². The minimum Gasteiger partial charge on any atom is -0.494 e. The molecule has 0 fully saturated rings. The van der Waals surface area contributed by atoms with E-state index < -0.39 is 0 Å². The maximum Gasteiger partial charge on any atom is 0.150 e. The molecule has 0 bridgehead atoms. The van der Waals surface area contributed by atoms with Crippen LogP contribution in [-0.4, -0.2) is 12.9 Å². The Morgan fingerprint density at radius 1 is 1.50 bits per heavy atom. The van der Waals surface area contributed by atoms with Crippen LogP contribution in [0.2, 0.25) is 0 Å². The van der Waals surface area contributed by atoms with Crippen molar-refractivity contribution in [2.45, 2.75) is 13.3 Å².